The van der Waals surface area contributed by atoms with Crippen molar-refractivity contribution in [2.24, 2.45) is 0 Å². The predicted molar refractivity (Wildman–Crippen MR) is 54.9 cm³/mol. The first-order valence-corrected chi connectivity index (χ1v) is 5.21. The smallest absolute Gasteiger partial charge is 0.279 e. The molecule has 13 heavy (non-hydrogen) atoms. The van der Waals surface area contributed by atoms with Crippen molar-refractivity contribution in [1.29, 1.82) is 0 Å². The van der Waals surface area contributed by atoms with E-state index in [1.54, 1.807) is 0 Å². The fourth-order valence-corrected chi connectivity index (χ4v) is 2.33. The van der Waals surface area contributed by atoms with Gasteiger partial charge < -0.3 is 5.32 Å². The summed E-state index contributed by atoms with van der Waals surface area (Å²) in [6.07, 6.45) is 0.976. The van der Waals surface area contributed by atoms with Gasteiger partial charge in [-0.1, -0.05) is 42.1 Å². The van der Waals surface area contributed by atoms with Crippen LogP contribution in [0.25, 0.3) is 0 Å². The Morgan fingerprint density at radius 1 is 1.38 bits per heavy atom. The molecule has 3 heteroatoms. The number of carbonyl (C=O) groups excluding carboxylic acids is 1. The van der Waals surface area contributed by atoms with E-state index < -0.39 is 0 Å². The van der Waals surface area contributed by atoms with Gasteiger partial charge in [0.25, 0.3) is 5.24 Å². The first-order chi connectivity index (χ1) is 6.34. The Labute approximate surface area is 81.7 Å². The summed E-state index contributed by atoms with van der Waals surface area (Å²) in [5, 5.41) is 3.34. The average Bonchev–Trinajstić information content (AvgIpc) is 2.53. The van der Waals surface area contributed by atoms with E-state index in [1.807, 2.05) is 18.2 Å². The molecule has 1 atom stereocenters. The van der Waals surface area contributed by atoms with Gasteiger partial charge in [-0.3, -0.25) is 4.79 Å². The molecule has 0 saturated carbocycles. The van der Waals surface area contributed by atoms with Crippen molar-refractivity contribution in [3.63, 3.8) is 0 Å². The fourth-order valence-electron chi connectivity index (χ4n) is 1.42. The van der Waals surface area contributed by atoms with Gasteiger partial charge in [-0.2, -0.15) is 0 Å². The van der Waals surface area contributed by atoms with Gasteiger partial charge in [-0.25, -0.2) is 0 Å². The van der Waals surface area contributed by atoms with Crippen LogP contribution in [0.2, 0.25) is 0 Å². The lowest BCUT2D eigenvalue weighted by molar-refractivity contribution is 0.262. The van der Waals surface area contributed by atoms with Gasteiger partial charge in [0.05, 0.1) is 0 Å². The number of carbonyl (C=O) groups is 1. The van der Waals surface area contributed by atoms with Gasteiger partial charge in [0.1, 0.15) is 0 Å². The van der Waals surface area contributed by atoms with Gasteiger partial charge in [0, 0.05) is 11.8 Å². The van der Waals surface area contributed by atoms with Crippen molar-refractivity contribution >= 4 is 17.0 Å². The normalized spacial score (nSPS) is 21.5. The molecule has 1 aliphatic rings. The molecule has 1 aromatic rings. The van der Waals surface area contributed by atoms with Gasteiger partial charge in [0.2, 0.25) is 0 Å². The molecule has 2 rings (SSSR count). The average molecular weight is 193 g/mol. The summed E-state index contributed by atoms with van der Waals surface area (Å²) in [5.41, 5.74) is 1.30. The number of benzene rings is 1. The van der Waals surface area contributed by atoms with Crippen LogP contribution in [0.4, 0.5) is 4.79 Å². The minimum atomic E-state index is 0.112. The Bertz CT molecular complexity index is 299. The zero-order valence-corrected chi connectivity index (χ0v) is 8.01. The lowest BCUT2D eigenvalue weighted by atomic mass is 10.1. The maximum atomic E-state index is 10.9. The molecule has 1 N–H and O–H groups in total. The molecule has 0 bridgehead atoms. The lowest BCUT2D eigenvalue weighted by Crippen LogP contribution is -2.16. The maximum Gasteiger partial charge on any atom is 0.279 e. The molecule has 1 aromatic carbocycles. The molecule has 0 aliphatic carbocycles. The molecular formula is C10H11NOS. The van der Waals surface area contributed by atoms with Gasteiger partial charge >= 0.3 is 0 Å². The Morgan fingerprint density at radius 3 is 2.77 bits per heavy atom. The van der Waals surface area contributed by atoms with Crippen LogP contribution in [0.3, 0.4) is 0 Å². The van der Waals surface area contributed by atoms with E-state index in [0.717, 1.165) is 13.0 Å². The van der Waals surface area contributed by atoms with Crippen LogP contribution in [0.15, 0.2) is 30.3 Å². The van der Waals surface area contributed by atoms with E-state index in [9.17, 15) is 4.79 Å². The van der Waals surface area contributed by atoms with Crippen LogP contribution in [0, 0.1) is 0 Å². The molecule has 0 spiro atoms. The van der Waals surface area contributed by atoms with Crippen LogP contribution in [0.5, 0.6) is 0 Å². The Balaban J connectivity index is 1.96. The van der Waals surface area contributed by atoms with Crippen molar-refractivity contribution in [1.82, 2.24) is 5.32 Å². The molecular weight excluding hydrogens is 182 g/mol. The maximum absolute atomic E-state index is 10.9. The first-order valence-electron chi connectivity index (χ1n) is 4.33. The molecule has 1 saturated heterocycles. The summed E-state index contributed by atoms with van der Waals surface area (Å²) in [6, 6.07) is 10.3. The van der Waals surface area contributed by atoms with E-state index in [1.165, 1.54) is 17.3 Å². The van der Waals surface area contributed by atoms with E-state index in [2.05, 4.69) is 17.4 Å². The predicted octanol–water partition coefficient (Wildman–Crippen LogP) is 2.05. The summed E-state index contributed by atoms with van der Waals surface area (Å²) in [7, 11) is 0. The Hall–Kier alpha value is -0.960. The van der Waals surface area contributed by atoms with Crippen molar-refractivity contribution in [2.45, 2.75) is 11.7 Å². The van der Waals surface area contributed by atoms with Crippen molar-refractivity contribution in [3.8, 4) is 0 Å². The Morgan fingerprint density at radius 2 is 2.15 bits per heavy atom. The largest absolute Gasteiger partial charge is 0.346 e. The molecule has 1 fully saturated rings. The molecule has 1 aliphatic heterocycles. The van der Waals surface area contributed by atoms with Crippen LogP contribution >= 0.6 is 11.8 Å². The SMILES string of the molecule is O=C1NCC(Cc2ccccc2)S1. The van der Waals surface area contributed by atoms with Crippen molar-refractivity contribution in [2.75, 3.05) is 6.54 Å². The molecule has 1 unspecified atom stereocenters. The van der Waals surface area contributed by atoms with E-state index in [-0.39, 0.29) is 5.24 Å². The zero-order valence-electron chi connectivity index (χ0n) is 7.19. The minimum Gasteiger partial charge on any atom is -0.346 e. The second kappa shape index (κ2) is 3.83. The highest BCUT2D eigenvalue weighted by atomic mass is 32.2. The van der Waals surface area contributed by atoms with Crippen molar-refractivity contribution < 1.29 is 4.79 Å². The summed E-state index contributed by atoms with van der Waals surface area (Å²) < 4.78 is 0. The molecule has 1 amide bonds. The first kappa shape index (κ1) is 8.63. The van der Waals surface area contributed by atoms with Crippen LogP contribution < -0.4 is 5.32 Å². The summed E-state index contributed by atoms with van der Waals surface area (Å²) in [6.45, 7) is 0.804. The molecule has 2 nitrogen and oxygen atoms in total. The summed E-state index contributed by atoms with van der Waals surface area (Å²) in [5.74, 6) is 0. The van der Waals surface area contributed by atoms with Gasteiger partial charge in [-0.15, -0.1) is 0 Å². The second-order valence-corrected chi connectivity index (χ2v) is 4.37. The highest BCUT2D eigenvalue weighted by Gasteiger charge is 2.21. The van der Waals surface area contributed by atoms with Crippen LogP contribution in [0.1, 0.15) is 5.56 Å². The van der Waals surface area contributed by atoms with Gasteiger partial charge in [-0.05, 0) is 12.0 Å². The highest BCUT2D eigenvalue weighted by molar-refractivity contribution is 8.14. The third-order valence-electron chi connectivity index (χ3n) is 2.05. The topological polar surface area (TPSA) is 29.1 Å². The molecule has 1 heterocycles. The third-order valence-corrected chi connectivity index (χ3v) is 3.08. The molecule has 68 valence electrons. The number of amides is 1. The number of rotatable bonds is 2. The van der Waals surface area contributed by atoms with Gasteiger partial charge in [0.15, 0.2) is 0 Å². The van der Waals surface area contributed by atoms with E-state index in [0.29, 0.717) is 5.25 Å². The molecule has 0 radical (unpaired) electrons. The number of thioether (sulfide) groups is 1. The molecule has 0 aromatic heterocycles. The van der Waals surface area contributed by atoms with Crippen LogP contribution in [-0.4, -0.2) is 17.0 Å². The van der Waals surface area contributed by atoms with Crippen molar-refractivity contribution in [3.05, 3.63) is 35.9 Å². The number of hydrogen-bond donors (Lipinski definition) is 1. The highest BCUT2D eigenvalue weighted by Crippen LogP contribution is 2.21. The lowest BCUT2D eigenvalue weighted by Gasteiger charge is -2.05. The number of hydrogen-bond acceptors (Lipinski definition) is 2. The minimum absolute atomic E-state index is 0.112. The van der Waals surface area contributed by atoms with Crippen LogP contribution in [-0.2, 0) is 6.42 Å². The number of nitrogens with one attached hydrogen (secondary N) is 1. The summed E-state index contributed by atoms with van der Waals surface area (Å²) >= 11 is 1.41. The fraction of sp³-hybridized carbons (Fsp3) is 0.300. The van der Waals surface area contributed by atoms with E-state index in [4.69, 9.17) is 0 Å². The zero-order chi connectivity index (χ0) is 9.10. The second-order valence-electron chi connectivity index (χ2n) is 3.10. The monoisotopic (exact) mass is 193 g/mol. The van der Waals surface area contributed by atoms with E-state index >= 15 is 0 Å². The standard InChI is InChI=1S/C10H11NOS/c12-10-11-7-9(13-10)6-8-4-2-1-3-5-8/h1-5,9H,6-7H2,(H,11,12). The Kier molecular flexibility index (Phi) is 2.54. The quantitative estimate of drug-likeness (QED) is 0.779. The third kappa shape index (κ3) is 2.25. The summed E-state index contributed by atoms with van der Waals surface area (Å²) in [4.78, 5) is 10.9.